The van der Waals surface area contributed by atoms with E-state index in [1.54, 1.807) is 36.4 Å². The summed E-state index contributed by atoms with van der Waals surface area (Å²) in [6.45, 7) is 8.65. The van der Waals surface area contributed by atoms with Crippen molar-refractivity contribution in [2.75, 3.05) is 12.3 Å². The van der Waals surface area contributed by atoms with E-state index in [1.165, 1.54) is 6.08 Å². The van der Waals surface area contributed by atoms with Crippen molar-refractivity contribution >= 4 is 17.5 Å². The predicted molar refractivity (Wildman–Crippen MR) is 107 cm³/mol. The van der Waals surface area contributed by atoms with Crippen LogP contribution in [0, 0.1) is 0 Å². The summed E-state index contributed by atoms with van der Waals surface area (Å²) in [4.78, 5) is 12.4. The number of aromatic hydroxyl groups is 1. The van der Waals surface area contributed by atoms with Gasteiger partial charge in [-0.15, -0.1) is 0 Å². The average molecular weight is 353 g/mol. The fourth-order valence-electron chi connectivity index (χ4n) is 2.56. The smallest absolute Gasteiger partial charge is 0.185 e. The highest BCUT2D eigenvalue weighted by atomic mass is 16.5. The summed E-state index contributed by atoms with van der Waals surface area (Å²) < 4.78 is 5.75. The Labute approximate surface area is 155 Å². The molecule has 0 bridgehead atoms. The van der Waals surface area contributed by atoms with Crippen molar-refractivity contribution in [2.45, 2.75) is 39.5 Å². The maximum absolute atomic E-state index is 12.4. The third-order valence-corrected chi connectivity index (χ3v) is 4.01. The van der Waals surface area contributed by atoms with Crippen molar-refractivity contribution < 1.29 is 14.6 Å². The molecule has 0 saturated heterocycles. The van der Waals surface area contributed by atoms with Gasteiger partial charge >= 0.3 is 0 Å². The van der Waals surface area contributed by atoms with Crippen LogP contribution < -0.4 is 10.5 Å². The Kier molecular flexibility index (Phi) is 6.09. The quantitative estimate of drug-likeness (QED) is 0.437. The number of ether oxygens (including phenoxy) is 1. The normalized spacial score (nSPS) is 11.7. The van der Waals surface area contributed by atoms with Gasteiger partial charge in [-0.3, -0.25) is 4.79 Å². The molecule has 2 aromatic carbocycles. The van der Waals surface area contributed by atoms with Crippen molar-refractivity contribution in [1.29, 1.82) is 0 Å². The number of carbonyl (C=O) groups is 1. The van der Waals surface area contributed by atoms with E-state index in [1.807, 2.05) is 33.8 Å². The number of hydrogen-bond donors (Lipinski definition) is 2. The second kappa shape index (κ2) is 8.09. The Morgan fingerprint density at radius 1 is 1.19 bits per heavy atom. The Morgan fingerprint density at radius 2 is 1.85 bits per heavy atom. The monoisotopic (exact) mass is 353 g/mol. The number of anilines is 1. The standard InChI is InChI=1S/C22H27NO3/c1-5-12-26-21-14-20(25)18(22(2,3)4)13-16(21)8-11-19(24)15-6-9-17(23)10-7-15/h6-11,13-14,25H,5,12,23H2,1-4H3/b11-8+. The van der Waals surface area contributed by atoms with Crippen LogP contribution in [0.15, 0.2) is 42.5 Å². The van der Waals surface area contributed by atoms with Crippen LogP contribution in [0.4, 0.5) is 5.69 Å². The highest BCUT2D eigenvalue weighted by Crippen LogP contribution is 2.36. The van der Waals surface area contributed by atoms with Crippen LogP contribution in [-0.2, 0) is 5.41 Å². The van der Waals surface area contributed by atoms with E-state index >= 15 is 0 Å². The van der Waals surface area contributed by atoms with Gasteiger partial charge in [-0.2, -0.15) is 0 Å². The maximum Gasteiger partial charge on any atom is 0.185 e. The number of benzene rings is 2. The number of phenols is 1. The minimum Gasteiger partial charge on any atom is -0.508 e. The molecule has 2 rings (SSSR count). The summed E-state index contributed by atoms with van der Waals surface area (Å²) in [7, 11) is 0. The van der Waals surface area contributed by atoms with E-state index in [9.17, 15) is 9.90 Å². The summed E-state index contributed by atoms with van der Waals surface area (Å²) in [5.74, 6) is 0.654. The van der Waals surface area contributed by atoms with Gasteiger partial charge in [0.1, 0.15) is 11.5 Å². The maximum atomic E-state index is 12.4. The largest absolute Gasteiger partial charge is 0.508 e. The first-order valence-corrected chi connectivity index (χ1v) is 8.80. The van der Waals surface area contributed by atoms with Gasteiger partial charge in [0.05, 0.1) is 6.61 Å². The summed E-state index contributed by atoms with van der Waals surface area (Å²) in [5.41, 5.74) is 8.20. The van der Waals surface area contributed by atoms with Crippen molar-refractivity contribution in [2.24, 2.45) is 0 Å². The summed E-state index contributed by atoms with van der Waals surface area (Å²) in [6, 6.07) is 10.3. The number of hydrogen-bond acceptors (Lipinski definition) is 4. The first kappa shape index (κ1) is 19.6. The number of nitrogens with two attached hydrogens (primary N) is 1. The molecular weight excluding hydrogens is 326 g/mol. The average Bonchev–Trinajstić information content (AvgIpc) is 2.58. The molecule has 0 saturated carbocycles. The molecular formula is C22H27NO3. The number of nitrogen functional groups attached to an aromatic ring is 1. The van der Waals surface area contributed by atoms with E-state index in [0.29, 0.717) is 23.6 Å². The van der Waals surface area contributed by atoms with Gasteiger partial charge in [0, 0.05) is 28.4 Å². The molecule has 0 spiro atoms. The molecule has 3 N–H and O–H groups in total. The van der Waals surface area contributed by atoms with Gasteiger partial charge in [-0.25, -0.2) is 0 Å². The summed E-state index contributed by atoms with van der Waals surface area (Å²) >= 11 is 0. The summed E-state index contributed by atoms with van der Waals surface area (Å²) in [5, 5.41) is 10.3. The van der Waals surface area contributed by atoms with Crippen molar-refractivity contribution in [3.63, 3.8) is 0 Å². The Morgan fingerprint density at radius 3 is 2.42 bits per heavy atom. The third-order valence-electron chi connectivity index (χ3n) is 4.01. The predicted octanol–water partition coefficient (Wildman–Crippen LogP) is 4.96. The molecule has 4 heteroatoms. The number of rotatable bonds is 6. The van der Waals surface area contributed by atoms with Gasteiger partial charge in [0.15, 0.2) is 5.78 Å². The van der Waals surface area contributed by atoms with E-state index < -0.39 is 0 Å². The minimum atomic E-state index is -0.225. The van der Waals surface area contributed by atoms with Crippen LogP contribution in [0.5, 0.6) is 11.5 Å². The van der Waals surface area contributed by atoms with Crippen LogP contribution in [0.25, 0.3) is 6.08 Å². The minimum absolute atomic E-state index is 0.114. The molecule has 26 heavy (non-hydrogen) atoms. The lowest BCUT2D eigenvalue weighted by Gasteiger charge is -2.22. The topological polar surface area (TPSA) is 72.5 Å². The van der Waals surface area contributed by atoms with Gasteiger partial charge in [-0.1, -0.05) is 27.7 Å². The SMILES string of the molecule is CCCOc1cc(O)c(C(C)(C)C)cc1/C=C/C(=O)c1ccc(N)cc1. The van der Waals surface area contributed by atoms with Crippen LogP contribution in [0.3, 0.4) is 0 Å². The van der Waals surface area contributed by atoms with Crippen LogP contribution in [0.1, 0.15) is 55.6 Å². The molecule has 0 radical (unpaired) electrons. The second-order valence-corrected chi connectivity index (χ2v) is 7.33. The molecule has 0 heterocycles. The fourth-order valence-corrected chi connectivity index (χ4v) is 2.56. The molecule has 4 nitrogen and oxygen atoms in total. The first-order valence-electron chi connectivity index (χ1n) is 8.80. The molecule has 138 valence electrons. The molecule has 0 unspecified atom stereocenters. The van der Waals surface area contributed by atoms with Crippen molar-refractivity contribution in [3.8, 4) is 11.5 Å². The molecule has 0 atom stereocenters. The number of carbonyl (C=O) groups excluding carboxylic acids is 1. The second-order valence-electron chi connectivity index (χ2n) is 7.33. The Bertz CT molecular complexity index is 799. The van der Waals surface area contributed by atoms with E-state index in [2.05, 4.69) is 0 Å². The number of ketones is 1. The lowest BCUT2D eigenvalue weighted by Crippen LogP contribution is -2.12. The zero-order valence-electron chi connectivity index (χ0n) is 15.9. The lowest BCUT2D eigenvalue weighted by molar-refractivity contribution is 0.104. The molecule has 0 aliphatic heterocycles. The fraction of sp³-hybridized carbons (Fsp3) is 0.318. The zero-order chi connectivity index (χ0) is 19.3. The highest BCUT2D eigenvalue weighted by Gasteiger charge is 2.20. The van der Waals surface area contributed by atoms with Crippen LogP contribution in [-0.4, -0.2) is 17.5 Å². The Balaban J connectivity index is 2.38. The van der Waals surface area contributed by atoms with Gasteiger partial charge in [0.25, 0.3) is 0 Å². The molecule has 0 fully saturated rings. The van der Waals surface area contributed by atoms with E-state index in [0.717, 1.165) is 17.5 Å². The molecule has 0 aliphatic rings. The highest BCUT2D eigenvalue weighted by molar-refractivity contribution is 6.07. The van der Waals surface area contributed by atoms with Crippen molar-refractivity contribution in [3.05, 3.63) is 59.2 Å². The van der Waals surface area contributed by atoms with E-state index in [4.69, 9.17) is 10.5 Å². The van der Waals surface area contributed by atoms with Gasteiger partial charge in [-0.05, 0) is 54.3 Å². The molecule has 0 aromatic heterocycles. The van der Waals surface area contributed by atoms with Crippen molar-refractivity contribution in [1.82, 2.24) is 0 Å². The summed E-state index contributed by atoms with van der Waals surface area (Å²) in [6.07, 6.45) is 4.11. The van der Waals surface area contributed by atoms with E-state index in [-0.39, 0.29) is 16.9 Å². The Hall–Kier alpha value is -2.75. The van der Waals surface area contributed by atoms with Gasteiger partial charge < -0.3 is 15.6 Å². The molecule has 2 aromatic rings. The van der Waals surface area contributed by atoms with Gasteiger partial charge in [0.2, 0.25) is 0 Å². The zero-order valence-corrected chi connectivity index (χ0v) is 15.9. The van der Waals surface area contributed by atoms with Crippen LogP contribution in [0.2, 0.25) is 0 Å². The molecule has 0 aliphatic carbocycles. The van der Waals surface area contributed by atoms with Crippen LogP contribution >= 0.6 is 0 Å². The third kappa shape index (κ3) is 4.88. The number of allylic oxidation sites excluding steroid dienone is 1. The molecule has 0 amide bonds. The number of phenolic OH excluding ortho intramolecular Hbond substituents is 1. The lowest BCUT2D eigenvalue weighted by atomic mass is 9.85. The first-order chi connectivity index (χ1) is 12.2.